The zero-order valence-electron chi connectivity index (χ0n) is 32.5. The number of ether oxygens (including phenoxy) is 3. The van der Waals surface area contributed by atoms with Gasteiger partial charge in [0.1, 0.15) is 12.6 Å². The van der Waals surface area contributed by atoms with Gasteiger partial charge in [-0.3, -0.25) is 9.59 Å². The highest BCUT2D eigenvalue weighted by Gasteiger charge is 2.25. The zero-order valence-corrected chi connectivity index (χ0v) is 32.5. The van der Waals surface area contributed by atoms with Crippen molar-refractivity contribution >= 4 is 17.9 Å². The Bertz CT molecular complexity index is 964. The quantitative estimate of drug-likeness (QED) is 0.0286. The number of carboxylic acids is 1. The van der Waals surface area contributed by atoms with Crippen molar-refractivity contribution in [1.82, 2.24) is 0 Å². The molecule has 0 rings (SSSR count). The van der Waals surface area contributed by atoms with E-state index >= 15 is 0 Å². The van der Waals surface area contributed by atoms with Crippen LogP contribution < -0.4 is 5.11 Å². The van der Waals surface area contributed by atoms with Crippen LogP contribution >= 0.6 is 0 Å². The number of nitrogens with zero attached hydrogens (tertiary/aromatic N) is 1. The van der Waals surface area contributed by atoms with E-state index in [-0.39, 0.29) is 42.7 Å². The summed E-state index contributed by atoms with van der Waals surface area (Å²) in [4.78, 5) is 36.5. The molecule has 0 heterocycles. The van der Waals surface area contributed by atoms with E-state index in [1.54, 1.807) is 21.1 Å². The summed E-state index contributed by atoms with van der Waals surface area (Å²) in [7, 11) is 5.38. The molecule has 2 unspecified atom stereocenters. The number of likely N-dealkylation sites (N-methyl/N-ethyl adjacent to an activating group) is 1. The minimum Gasteiger partial charge on any atom is -0.544 e. The van der Waals surface area contributed by atoms with Gasteiger partial charge in [0, 0.05) is 19.3 Å². The summed E-state index contributed by atoms with van der Waals surface area (Å²) in [5, 5.41) is 11.6. The van der Waals surface area contributed by atoms with Crippen LogP contribution in [0.5, 0.6) is 0 Å². The van der Waals surface area contributed by atoms with Crippen LogP contribution in [-0.2, 0) is 28.6 Å². The maximum absolute atomic E-state index is 12.6. The van der Waals surface area contributed by atoms with Gasteiger partial charge in [0.2, 0.25) is 0 Å². The number of carbonyl (C=O) groups excluding carboxylic acids is 3. The van der Waals surface area contributed by atoms with Crippen molar-refractivity contribution in [3.63, 3.8) is 0 Å². The number of hydrogen-bond donors (Lipinski definition) is 0. The molecule has 8 heteroatoms. The molecule has 288 valence electrons. The number of hydrogen-bond acceptors (Lipinski definition) is 7. The molecule has 0 aliphatic heterocycles. The largest absolute Gasteiger partial charge is 0.544 e. The van der Waals surface area contributed by atoms with Crippen molar-refractivity contribution in [3.05, 3.63) is 48.6 Å². The molecule has 0 aromatic heterocycles. The third kappa shape index (κ3) is 31.3. The fraction of sp³-hybridized carbons (Fsp3) is 0.738. The van der Waals surface area contributed by atoms with Crippen molar-refractivity contribution in [2.24, 2.45) is 0 Å². The number of rotatable bonds is 34. The molecule has 0 fully saturated rings. The first kappa shape index (κ1) is 47.3. The summed E-state index contributed by atoms with van der Waals surface area (Å²) in [5.74, 6) is -1.77. The summed E-state index contributed by atoms with van der Waals surface area (Å²) in [5.41, 5.74) is 0. The van der Waals surface area contributed by atoms with E-state index in [9.17, 15) is 19.5 Å². The summed E-state index contributed by atoms with van der Waals surface area (Å²) < 4.78 is 17.0. The predicted molar refractivity (Wildman–Crippen MR) is 203 cm³/mol. The second kappa shape index (κ2) is 33.4. The Hall–Kier alpha value is -2.71. The normalized spacial score (nSPS) is 13.5. The molecule has 0 aromatic rings. The Morgan fingerprint density at radius 1 is 0.620 bits per heavy atom. The highest BCUT2D eigenvalue weighted by molar-refractivity contribution is 5.70. The fourth-order valence-electron chi connectivity index (χ4n) is 5.41. The predicted octanol–water partition coefficient (Wildman–Crippen LogP) is 8.74. The van der Waals surface area contributed by atoms with E-state index < -0.39 is 18.1 Å². The van der Waals surface area contributed by atoms with Gasteiger partial charge in [0.15, 0.2) is 6.10 Å². The monoisotopic (exact) mass is 704 g/mol. The molecule has 0 bridgehead atoms. The van der Waals surface area contributed by atoms with Crippen LogP contribution in [0.25, 0.3) is 0 Å². The lowest BCUT2D eigenvalue weighted by Crippen LogP contribution is -2.55. The third-order valence-electron chi connectivity index (χ3n) is 8.48. The minimum atomic E-state index is -1.13. The molecule has 0 saturated heterocycles. The average molecular weight is 704 g/mol. The summed E-state index contributed by atoms with van der Waals surface area (Å²) in [6.07, 6.45) is 37.2. The van der Waals surface area contributed by atoms with Gasteiger partial charge in [-0.2, -0.15) is 0 Å². The van der Waals surface area contributed by atoms with Crippen LogP contribution in [0, 0.1) is 0 Å². The van der Waals surface area contributed by atoms with Crippen molar-refractivity contribution in [3.8, 4) is 0 Å². The highest BCUT2D eigenvalue weighted by Crippen LogP contribution is 2.13. The van der Waals surface area contributed by atoms with E-state index in [1.165, 1.54) is 38.5 Å². The molecule has 0 N–H and O–H groups in total. The average Bonchev–Trinajstić information content (AvgIpc) is 3.06. The SMILES string of the molecule is CC/C=C\C/C=C\C/C=C\C/C=C\CCCCCCCCC(=O)OC(COCCC(C(=O)[O-])[N+](C)(C)C)COC(=O)CCCCCCCCC. The number of allylic oxidation sites excluding steroid dienone is 8. The van der Waals surface area contributed by atoms with Gasteiger partial charge in [-0.25, -0.2) is 0 Å². The van der Waals surface area contributed by atoms with Crippen LogP contribution in [0.15, 0.2) is 48.6 Å². The van der Waals surface area contributed by atoms with Gasteiger partial charge in [-0.15, -0.1) is 0 Å². The van der Waals surface area contributed by atoms with Crippen LogP contribution in [0.4, 0.5) is 0 Å². The Morgan fingerprint density at radius 3 is 1.66 bits per heavy atom. The fourth-order valence-corrected chi connectivity index (χ4v) is 5.41. The molecular formula is C42H73NO7. The molecule has 0 spiro atoms. The van der Waals surface area contributed by atoms with E-state index in [0.29, 0.717) is 12.8 Å². The summed E-state index contributed by atoms with van der Waals surface area (Å²) >= 11 is 0. The van der Waals surface area contributed by atoms with Crippen LogP contribution in [0.2, 0.25) is 0 Å². The summed E-state index contributed by atoms with van der Waals surface area (Å²) in [6.45, 7) is 4.47. The van der Waals surface area contributed by atoms with Gasteiger partial charge in [-0.1, -0.05) is 127 Å². The minimum absolute atomic E-state index is 0.0344. The zero-order chi connectivity index (χ0) is 37.1. The first-order valence-corrected chi connectivity index (χ1v) is 19.7. The first-order valence-electron chi connectivity index (χ1n) is 19.7. The molecular weight excluding hydrogens is 630 g/mol. The molecule has 2 atom stereocenters. The number of unbranched alkanes of at least 4 members (excludes halogenated alkanes) is 12. The Kier molecular flexibility index (Phi) is 31.6. The molecule has 0 saturated carbocycles. The van der Waals surface area contributed by atoms with Gasteiger partial charge in [0.05, 0.1) is 40.3 Å². The van der Waals surface area contributed by atoms with Crippen LogP contribution in [0.3, 0.4) is 0 Å². The molecule has 50 heavy (non-hydrogen) atoms. The molecule has 0 radical (unpaired) electrons. The van der Waals surface area contributed by atoms with Crippen LogP contribution in [0.1, 0.15) is 149 Å². The van der Waals surface area contributed by atoms with E-state index in [4.69, 9.17) is 14.2 Å². The van der Waals surface area contributed by atoms with E-state index in [2.05, 4.69) is 62.5 Å². The van der Waals surface area contributed by atoms with Crippen molar-refractivity contribution < 1.29 is 38.2 Å². The lowest BCUT2D eigenvalue weighted by Gasteiger charge is -2.34. The Balaban J connectivity index is 4.34. The second-order valence-electron chi connectivity index (χ2n) is 14.1. The van der Waals surface area contributed by atoms with E-state index in [1.807, 2.05) is 0 Å². The van der Waals surface area contributed by atoms with Gasteiger partial charge < -0.3 is 28.6 Å². The number of quaternary nitrogens is 1. The number of carbonyl (C=O) groups is 3. The van der Waals surface area contributed by atoms with Crippen molar-refractivity contribution in [1.29, 1.82) is 0 Å². The second-order valence-corrected chi connectivity index (χ2v) is 14.1. The number of carboxylic acid groups (broad SMARTS) is 1. The maximum atomic E-state index is 12.6. The standard InChI is InChI=1S/C42H73NO7/c1-6-8-10-12-14-15-16-17-18-19-20-21-22-23-24-25-27-29-31-33-41(45)50-38(36-48-35-34-39(42(46)47)43(3,4)5)37-49-40(44)32-30-28-26-13-11-9-7-2/h8,10,14-15,17-18,20-21,38-39H,6-7,9,11-13,16,19,22-37H2,1-5H3/b10-8-,15-14-,18-17-,21-20-. The first-order chi connectivity index (χ1) is 24.1. The van der Waals surface area contributed by atoms with Crippen molar-refractivity contribution in [2.45, 2.75) is 161 Å². The summed E-state index contributed by atoms with van der Waals surface area (Å²) in [6, 6.07) is -0.726. The number of esters is 2. The highest BCUT2D eigenvalue weighted by atomic mass is 16.6. The molecule has 8 nitrogen and oxygen atoms in total. The Morgan fingerprint density at radius 2 is 1.12 bits per heavy atom. The lowest BCUT2D eigenvalue weighted by molar-refractivity contribution is -0.889. The molecule has 0 aliphatic rings. The maximum Gasteiger partial charge on any atom is 0.306 e. The van der Waals surface area contributed by atoms with E-state index in [0.717, 1.165) is 77.0 Å². The molecule has 0 amide bonds. The Labute approximate surface area is 306 Å². The van der Waals surface area contributed by atoms with Gasteiger partial charge >= 0.3 is 11.9 Å². The molecule has 0 aliphatic carbocycles. The number of aliphatic carboxylic acids is 1. The smallest absolute Gasteiger partial charge is 0.306 e. The van der Waals surface area contributed by atoms with Crippen LogP contribution in [-0.4, -0.2) is 75.5 Å². The van der Waals surface area contributed by atoms with Crippen molar-refractivity contribution in [2.75, 3.05) is 41.0 Å². The topological polar surface area (TPSA) is 102 Å². The third-order valence-corrected chi connectivity index (χ3v) is 8.48. The molecule has 0 aromatic carbocycles. The van der Waals surface area contributed by atoms with Gasteiger partial charge in [-0.05, 0) is 51.4 Å². The van der Waals surface area contributed by atoms with Gasteiger partial charge in [0.25, 0.3) is 0 Å². The lowest BCUT2D eigenvalue weighted by atomic mass is 10.1.